The van der Waals surface area contributed by atoms with Gasteiger partial charge in [-0.15, -0.1) is 0 Å². The van der Waals surface area contributed by atoms with Crippen molar-refractivity contribution in [1.82, 2.24) is 10.3 Å². The van der Waals surface area contributed by atoms with Crippen molar-refractivity contribution in [3.8, 4) is 11.5 Å². The number of esters is 1. The van der Waals surface area contributed by atoms with E-state index in [1.807, 2.05) is 66.7 Å². The molecule has 1 aliphatic rings. The van der Waals surface area contributed by atoms with Crippen molar-refractivity contribution in [3.05, 3.63) is 95.8 Å². The van der Waals surface area contributed by atoms with E-state index in [4.69, 9.17) is 14.2 Å². The van der Waals surface area contributed by atoms with Gasteiger partial charge in [-0.05, 0) is 48.9 Å². The number of amides is 1. The molecule has 0 fully saturated rings. The molecule has 1 aliphatic heterocycles. The fourth-order valence-corrected chi connectivity index (χ4v) is 3.53. The summed E-state index contributed by atoms with van der Waals surface area (Å²) in [4.78, 5) is 29.0. The number of rotatable bonds is 8. The van der Waals surface area contributed by atoms with E-state index in [1.54, 1.807) is 19.2 Å². The lowest BCUT2D eigenvalue weighted by Gasteiger charge is -2.27. The van der Waals surface area contributed by atoms with Crippen molar-refractivity contribution < 1.29 is 23.8 Å². The monoisotopic (exact) mass is 458 g/mol. The number of benzene rings is 2. The first kappa shape index (κ1) is 23.0. The maximum atomic E-state index is 12.6. The zero-order valence-corrected chi connectivity index (χ0v) is 18.8. The molecule has 2 atom stereocenters. The molecule has 0 aliphatic carbocycles. The number of fused-ring (bicyclic) bond motifs is 1. The van der Waals surface area contributed by atoms with Crippen molar-refractivity contribution in [1.29, 1.82) is 0 Å². The molecule has 1 amide bonds. The highest BCUT2D eigenvalue weighted by atomic mass is 16.5. The third-order valence-electron chi connectivity index (χ3n) is 5.34. The molecule has 2 aromatic carbocycles. The fraction of sp³-hybridized carbons (Fsp3) is 0.222. The Balaban J connectivity index is 1.25. The van der Waals surface area contributed by atoms with Crippen LogP contribution in [-0.2, 0) is 20.9 Å². The molecular formula is C27H26N2O5. The van der Waals surface area contributed by atoms with Crippen LogP contribution in [0.15, 0.2) is 79.0 Å². The summed E-state index contributed by atoms with van der Waals surface area (Å²) in [5.74, 6) is 0.522. The van der Waals surface area contributed by atoms with E-state index in [-0.39, 0.29) is 11.9 Å². The third kappa shape index (κ3) is 6.22. The summed E-state index contributed by atoms with van der Waals surface area (Å²) in [6.45, 7) is 2.45. The first-order valence-electron chi connectivity index (χ1n) is 11.1. The van der Waals surface area contributed by atoms with E-state index in [0.717, 1.165) is 22.6 Å². The average molecular weight is 459 g/mol. The van der Waals surface area contributed by atoms with Gasteiger partial charge in [0.15, 0.2) is 6.10 Å². The zero-order chi connectivity index (χ0) is 23.8. The lowest BCUT2D eigenvalue weighted by molar-refractivity contribution is -0.150. The predicted molar refractivity (Wildman–Crippen MR) is 127 cm³/mol. The first-order valence-corrected chi connectivity index (χ1v) is 11.1. The van der Waals surface area contributed by atoms with Gasteiger partial charge in [-0.25, -0.2) is 4.79 Å². The Morgan fingerprint density at radius 3 is 2.71 bits per heavy atom. The maximum Gasteiger partial charge on any atom is 0.331 e. The van der Waals surface area contributed by atoms with Gasteiger partial charge in [-0.2, -0.15) is 0 Å². The van der Waals surface area contributed by atoms with E-state index < -0.39 is 12.1 Å². The molecule has 1 aromatic heterocycles. The molecule has 7 nitrogen and oxygen atoms in total. The highest BCUT2D eigenvalue weighted by Crippen LogP contribution is 2.31. The number of pyridine rings is 1. The highest BCUT2D eigenvalue weighted by molar-refractivity contribution is 5.90. The van der Waals surface area contributed by atoms with Crippen LogP contribution >= 0.6 is 0 Å². The molecule has 0 radical (unpaired) electrons. The number of carbonyl (C=O) groups is 2. The van der Waals surface area contributed by atoms with Gasteiger partial charge in [0.25, 0.3) is 5.91 Å². The van der Waals surface area contributed by atoms with Crippen LogP contribution in [0.25, 0.3) is 6.08 Å². The summed E-state index contributed by atoms with van der Waals surface area (Å²) < 4.78 is 16.6. The second kappa shape index (κ2) is 11.1. The maximum absolute atomic E-state index is 12.6. The standard InChI is InChI=1S/C27H26N2O5/c1-19(27(31)29-24-15-17-32-25-8-3-2-7-23(24)25)34-26(30)14-11-20-9-12-22(13-10-20)33-18-21-6-4-5-16-28-21/h2-14,16,19,24H,15,17-18H2,1H3,(H,29,31)/b14-11+. The molecule has 0 bridgehead atoms. The summed E-state index contributed by atoms with van der Waals surface area (Å²) >= 11 is 0. The minimum Gasteiger partial charge on any atom is -0.493 e. The Hall–Kier alpha value is -4.13. The second-order valence-corrected chi connectivity index (χ2v) is 7.83. The smallest absolute Gasteiger partial charge is 0.331 e. The van der Waals surface area contributed by atoms with Gasteiger partial charge < -0.3 is 19.5 Å². The normalized spacial score (nSPS) is 15.6. The van der Waals surface area contributed by atoms with Crippen molar-refractivity contribution in [2.24, 2.45) is 0 Å². The van der Waals surface area contributed by atoms with Crippen molar-refractivity contribution in [3.63, 3.8) is 0 Å². The highest BCUT2D eigenvalue weighted by Gasteiger charge is 2.25. The van der Waals surface area contributed by atoms with Crippen LogP contribution in [0.2, 0.25) is 0 Å². The second-order valence-electron chi connectivity index (χ2n) is 7.83. The molecule has 2 heterocycles. The number of hydrogen-bond donors (Lipinski definition) is 1. The summed E-state index contributed by atoms with van der Waals surface area (Å²) in [6, 6.07) is 20.4. The Bertz CT molecular complexity index is 1150. The number of nitrogens with zero attached hydrogens (tertiary/aromatic N) is 1. The molecule has 3 aromatic rings. The molecule has 0 saturated heterocycles. The van der Waals surface area contributed by atoms with Crippen LogP contribution in [0.1, 0.15) is 36.2 Å². The number of ether oxygens (including phenoxy) is 3. The Labute approximate surface area is 198 Å². The lowest BCUT2D eigenvalue weighted by Crippen LogP contribution is -2.39. The molecule has 7 heteroatoms. The number of aromatic nitrogens is 1. The number of nitrogens with one attached hydrogen (secondary N) is 1. The SMILES string of the molecule is CC(OC(=O)/C=C/c1ccc(OCc2ccccn2)cc1)C(=O)NC1CCOc2ccccc21. The van der Waals surface area contributed by atoms with E-state index in [2.05, 4.69) is 10.3 Å². The third-order valence-corrected chi connectivity index (χ3v) is 5.34. The molecule has 1 N–H and O–H groups in total. The predicted octanol–water partition coefficient (Wildman–Crippen LogP) is 4.25. The van der Waals surface area contributed by atoms with E-state index in [0.29, 0.717) is 25.4 Å². The van der Waals surface area contributed by atoms with Gasteiger partial charge >= 0.3 is 5.97 Å². The quantitative estimate of drug-likeness (QED) is 0.401. The van der Waals surface area contributed by atoms with Gasteiger partial charge in [0.1, 0.15) is 18.1 Å². The van der Waals surface area contributed by atoms with Crippen LogP contribution in [0, 0.1) is 0 Å². The topological polar surface area (TPSA) is 86.8 Å². The van der Waals surface area contributed by atoms with E-state index >= 15 is 0 Å². The van der Waals surface area contributed by atoms with Crippen molar-refractivity contribution >= 4 is 18.0 Å². The minimum absolute atomic E-state index is 0.174. The van der Waals surface area contributed by atoms with Gasteiger partial charge in [-0.3, -0.25) is 9.78 Å². The van der Waals surface area contributed by atoms with Crippen LogP contribution in [0.4, 0.5) is 0 Å². The van der Waals surface area contributed by atoms with E-state index in [9.17, 15) is 9.59 Å². The minimum atomic E-state index is -0.922. The molecule has 34 heavy (non-hydrogen) atoms. The van der Waals surface area contributed by atoms with Gasteiger partial charge in [0.2, 0.25) is 0 Å². The average Bonchev–Trinajstić information content (AvgIpc) is 2.87. The first-order chi connectivity index (χ1) is 16.6. The van der Waals surface area contributed by atoms with Gasteiger partial charge in [0, 0.05) is 24.3 Å². The Morgan fingerprint density at radius 1 is 1.12 bits per heavy atom. The van der Waals surface area contributed by atoms with Crippen molar-refractivity contribution in [2.75, 3.05) is 6.61 Å². The van der Waals surface area contributed by atoms with E-state index in [1.165, 1.54) is 6.08 Å². The summed E-state index contributed by atoms with van der Waals surface area (Å²) in [6.07, 6.45) is 4.39. The molecule has 174 valence electrons. The molecule has 0 saturated carbocycles. The molecular weight excluding hydrogens is 432 g/mol. The number of para-hydroxylation sites is 1. The van der Waals surface area contributed by atoms with Crippen LogP contribution < -0.4 is 14.8 Å². The number of carbonyl (C=O) groups excluding carboxylic acids is 2. The lowest BCUT2D eigenvalue weighted by atomic mass is 10.0. The molecule has 2 unspecified atom stereocenters. The fourth-order valence-electron chi connectivity index (χ4n) is 3.53. The zero-order valence-electron chi connectivity index (χ0n) is 18.8. The number of hydrogen-bond acceptors (Lipinski definition) is 6. The Kier molecular flexibility index (Phi) is 7.55. The van der Waals surface area contributed by atoms with Crippen LogP contribution in [0.3, 0.4) is 0 Å². The summed E-state index contributed by atoms with van der Waals surface area (Å²) in [5.41, 5.74) is 2.57. The molecule has 0 spiro atoms. The van der Waals surface area contributed by atoms with Gasteiger partial charge in [-0.1, -0.05) is 36.4 Å². The largest absolute Gasteiger partial charge is 0.493 e. The van der Waals surface area contributed by atoms with Crippen LogP contribution in [0.5, 0.6) is 11.5 Å². The van der Waals surface area contributed by atoms with Crippen LogP contribution in [-0.4, -0.2) is 29.6 Å². The summed E-state index contributed by atoms with van der Waals surface area (Å²) in [5, 5.41) is 2.95. The van der Waals surface area contributed by atoms with Crippen molar-refractivity contribution in [2.45, 2.75) is 32.1 Å². The summed E-state index contributed by atoms with van der Waals surface area (Å²) in [7, 11) is 0. The Morgan fingerprint density at radius 2 is 1.91 bits per heavy atom. The molecule has 4 rings (SSSR count). The van der Waals surface area contributed by atoms with Gasteiger partial charge in [0.05, 0.1) is 18.3 Å².